The van der Waals surface area contributed by atoms with Crippen LogP contribution in [0.15, 0.2) is 18.6 Å². The van der Waals surface area contributed by atoms with E-state index >= 15 is 0 Å². The zero-order valence-electron chi connectivity index (χ0n) is 18.2. The number of carbonyl (C=O) groups is 1. The number of ether oxygens (including phenoxy) is 1. The van der Waals surface area contributed by atoms with E-state index in [9.17, 15) is 18.0 Å². The molecule has 0 saturated carbocycles. The fourth-order valence-corrected chi connectivity index (χ4v) is 3.50. The number of likely N-dealkylation sites (tertiary alicyclic amines) is 1. The van der Waals surface area contributed by atoms with Crippen LogP contribution in [0.2, 0.25) is 0 Å². The number of piperidine rings is 1. The predicted octanol–water partition coefficient (Wildman–Crippen LogP) is 4.10. The molecule has 1 aliphatic heterocycles. The van der Waals surface area contributed by atoms with Crippen LogP contribution in [0.3, 0.4) is 0 Å². The molecule has 1 aliphatic rings. The maximum absolute atomic E-state index is 13.4. The highest BCUT2D eigenvalue weighted by molar-refractivity contribution is 5.68. The zero-order valence-corrected chi connectivity index (χ0v) is 18.2. The second kappa shape index (κ2) is 8.35. The highest BCUT2D eigenvalue weighted by atomic mass is 19.4. The number of hydrogen-bond acceptors (Lipinski definition) is 6. The van der Waals surface area contributed by atoms with E-state index in [0.717, 1.165) is 6.20 Å². The molecule has 31 heavy (non-hydrogen) atoms. The van der Waals surface area contributed by atoms with Gasteiger partial charge >= 0.3 is 12.3 Å². The van der Waals surface area contributed by atoms with Gasteiger partial charge in [-0.05, 0) is 40.5 Å². The molecule has 2 atom stereocenters. The lowest BCUT2D eigenvalue weighted by molar-refractivity contribution is -0.137. The third-order valence-corrected chi connectivity index (χ3v) is 4.91. The van der Waals surface area contributed by atoms with Crippen molar-refractivity contribution in [2.24, 2.45) is 7.05 Å². The van der Waals surface area contributed by atoms with Gasteiger partial charge in [-0.15, -0.1) is 0 Å². The molecule has 0 aliphatic carbocycles. The highest BCUT2D eigenvalue weighted by Crippen LogP contribution is 2.36. The Morgan fingerprint density at radius 2 is 1.97 bits per heavy atom. The average Bonchev–Trinajstić information content (AvgIpc) is 3.05. The van der Waals surface area contributed by atoms with Crippen molar-refractivity contribution >= 4 is 12.0 Å². The fourth-order valence-electron chi connectivity index (χ4n) is 3.50. The van der Waals surface area contributed by atoms with E-state index in [1.165, 1.54) is 17.1 Å². The normalized spacial score (nSPS) is 19.9. The molecule has 2 unspecified atom stereocenters. The first-order valence-electron chi connectivity index (χ1n) is 10.0. The molecule has 1 N–H and O–H groups in total. The molecular weight excluding hydrogens is 413 g/mol. The maximum atomic E-state index is 13.4. The minimum Gasteiger partial charge on any atom is -0.444 e. The number of nitrogens with zero attached hydrogens (tertiary/aromatic N) is 5. The SMILES string of the molecule is CC1CC(Nc2ncc(C(F)(F)F)c(-c3cnn(C)c3)n2)CCN1C(=O)OC(C)(C)C. The summed E-state index contributed by atoms with van der Waals surface area (Å²) in [4.78, 5) is 22.1. The average molecular weight is 440 g/mol. The molecular formula is C20H27F3N6O2. The summed E-state index contributed by atoms with van der Waals surface area (Å²) >= 11 is 0. The quantitative estimate of drug-likeness (QED) is 0.774. The van der Waals surface area contributed by atoms with Crippen molar-refractivity contribution in [1.82, 2.24) is 24.6 Å². The van der Waals surface area contributed by atoms with Crippen molar-refractivity contribution in [3.05, 3.63) is 24.2 Å². The lowest BCUT2D eigenvalue weighted by atomic mass is 9.99. The Morgan fingerprint density at radius 3 is 2.52 bits per heavy atom. The topological polar surface area (TPSA) is 85.2 Å². The Labute approximate surface area is 178 Å². The van der Waals surface area contributed by atoms with Crippen LogP contribution >= 0.6 is 0 Å². The Bertz CT molecular complexity index is 938. The molecule has 1 fully saturated rings. The van der Waals surface area contributed by atoms with Crippen LogP contribution in [0.5, 0.6) is 0 Å². The van der Waals surface area contributed by atoms with Gasteiger partial charge in [-0.25, -0.2) is 14.8 Å². The third kappa shape index (κ3) is 5.65. The Hall–Kier alpha value is -2.85. The second-order valence-corrected chi connectivity index (χ2v) is 8.74. The van der Waals surface area contributed by atoms with E-state index in [-0.39, 0.29) is 35.4 Å². The van der Waals surface area contributed by atoms with Crippen molar-refractivity contribution in [3.63, 3.8) is 0 Å². The number of rotatable bonds is 3. The molecule has 3 rings (SSSR count). The summed E-state index contributed by atoms with van der Waals surface area (Å²) in [5.74, 6) is 0.106. The molecule has 1 saturated heterocycles. The molecule has 0 radical (unpaired) electrons. The zero-order chi connectivity index (χ0) is 23.0. The number of hydrogen-bond donors (Lipinski definition) is 1. The van der Waals surface area contributed by atoms with Gasteiger partial charge in [-0.2, -0.15) is 18.3 Å². The van der Waals surface area contributed by atoms with E-state index < -0.39 is 17.3 Å². The Morgan fingerprint density at radius 1 is 1.26 bits per heavy atom. The standard InChI is InChI=1S/C20H27F3N6O2/c1-12-8-14(6-7-29(12)18(30)31-19(2,3)4)26-17-24-10-15(20(21,22)23)16(27-17)13-9-25-28(5)11-13/h9-12,14H,6-8H2,1-5H3,(H,24,26,27). The molecule has 2 aromatic heterocycles. The number of alkyl halides is 3. The number of anilines is 1. The first-order chi connectivity index (χ1) is 14.3. The van der Waals surface area contributed by atoms with Gasteiger partial charge in [-0.3, -0.25) is 4.68 Å². The molecule has 0 bridgehead atoms. The van der Waals surface area contributed by atoms with Crippen LogP contribution in [-0.2, 0) is 18.0 Å². The lowest BCUT2D eigenvalue weighted by Gasteiger charge is -2.38. The Kier molecular flexibility index (Phi) is 6.15. The summed E-state index contributed by atoms with van der Waals surface area (Å²) in [6, 6.07) is -0.194. The first kappa shape index (κ1) is 22.8. The van der Waals surface area contributed by atoms with Gasteiger partial charge in [0.2, 0.25) is 5.95 Å². The molecule has 11 heteroatoms. The maximum Gasteiger partial charge on any atom is 0.419 e. The van der Waals surface area contributed by atoms with Gasteiger partial charge in [-0.1, -0.05) is 0 Å². The number of amides is 1. The lowest BCUT2D eigenvalue weighted by Crippen LogP contribution is -2.49. The van der Waals surface area contributed by atoms with Crippen molar-refractivity contribution in [3.8, 4) is 11.3 Å². The second-order valence-electron chi connectivity index (χ2n) is 8.74. The highest BCUT2D eigenvalue weighted by Gasteiger charge is 2.36. The smallest absolute Gasteiger partial charge is 0.419 e. The Balaban J connectivity index is 1.74. The minimum absolute atomic E-state index is 0.0906. The van der Waals surface area contributed by atoms with E-state index in [1.54, 1.807) is 11.9 Å². The van der Waals surface area contributed by atoms with E-state index in [1.807, 2.05) is 27.7 Å². The van der Waals surface area contributed by atoms with Gasteiger partial charge < -0.3 is 15.0 Å². The van der Waals surface area contributed by atoms with Crippen LogP contribution in [0.25, 0.3) is 11.3 Å². The van der Waals surface area contributed by atoms with Crippen molar-refractivity contribution < 1.29 is 22.7 Å². The molecule has 1 amide bonds. The van der Waals surface area contributed by atoms with Gasteiger partial charge in [0.15, 0.2) is 0 Å². The van der Waals surface area contributed by atoms with Crippen molar-refractivity contribution in [2.75, 3.05) is 11.9 Å². The summed E-state index contributed by atoms with van der Waals surface area (Å²) in [5, 5.41) is 7.06. The van der Waals surface area contributed by atoms with Crippen LogP contribution in [0.1, 0.15) is 46.1 Å². The molecule has 0 aromatic carbocycles. The van der Waals surface area contributed by atoms with Gasteiger partial charge in [0.1, 0.15) is 11.2 Å². The molecule has 8 nitrogen and oxygen atoms in total. The number of aryl methyl sites for hydroxylation is 1. The third-order valence-electron chi connectivity index (χ3n) is 4.91. The van der Waals surface area contributed by atoms with Crippen LogP contribution in [-0.4, -0.2) is 55.0 Å². The first-order valence-corrected chi connectivity index (χ1v) is 10.0. The summed E-state index contributed by atoms with van der Waals surface area (Å²) in [7, 11) is 1.62. The number of aromatic nitrogens is 4. The largest absolute Gasteiger partial charge is 0.444 e. The molecule has 170 valence electrons. The van der Waals surface area contributed by atoms with Crippen LogP contribution in [0, 0.1) is 0 Å². The van der Waals surface area contributed by atoms with E-state index in [2.05, 4.69) is 20.4 Å². The summed E-state index contributed by atoms with van der Waals surface area (Å²) in [6.45, 7) is 7.80. The fraction of sp³-hybridized carbons (Fsp3) is 0.600. The summed E-state index contributed by atoms with van der Waals surface area (Å²) in [5.41, 5.74) is -1.47. The number of carbonyl (C=O) groups excluding carboxylic acids is 1. The molecule has 0 spiro atoms. The van der Waals surface area contributed by atoms with Gasteiger partial charge in [0.05, 0.1) is 11.9 Å². The minimum atomic E-state index is -4.59. The van der Waals surface area contributed by atoms with Crippen molar-refractivity contribution in [1.29, 1.82) is 0 Å². The van der Waals surface area contributed by atoms with E-state index in [0.29, 0.717) is 19.4 Å². The van der Waals surface area contributed by atoms with Crippen molar-refractivity contribution in [2.45, 2.75) is 64.4 Å². The molecule has 3 heterocycles. The summed E-state index contributed by atoms with van der Waals surface area (Å²) < 4.78 is 47.2. The molecule has 2 aromatic rings. The van der Waals surface area contributed by atoms with E-state index in [4.69, 9.17) is 4.74 Å². The number of halogens is 3. The summed E-state index contributed by atoms with van der Waals surface area (Å²) in [6.07, 6.45) is -0.176. The van der Waals surface area contributed by atoms with Crippen LogP contribution < -0.4 is 5.32 Å². The van der Waals surface area contributed by atoms with Gasteiger partial charge in [0.25, 0.3) is 0 Å². The number of nitrogens with one attached hydrogen (secondary N) is 1. The van der Waals surface area contributed by atoms with Gasteiger partial charge in [0, 0.05) is 43.6 Å². The predicted molar refractivity (Wildman–Crippen MR) is 108 cm³/mol. The monoisotopic (exact) mass is 440 g/mol. The van der Waals surface area contributed by atoms with Crippen LogP contribution in [0.4, 0.5) is 23.9 Å².